The van der Waals surface area contributed by atoms with E-state index in [1.807, 2.05) is 0 Å². The Kier molecular flexibility index (Phi) is 8.49. The van der Waals surface area contributed by atoms with E-state index in [-0.39, 0.29) is 0 Å². The quantitative estimate of drug-likeness (QED) is 0.143. The normalized spacial score (nSPS) is 11.4. The van der Waals surface area contributed by atoms with Gasteiger partial charge in [0, 0.05) is 56.0 Å². The summed E-state index contributed by atoms with van der Waals surface area (Å²) in [6.07, 6.45) is 0. The van der Waals surface area contributed by atoms with E-state index in [2.05, 4.69) is 251 Å². The molecule has 0 spiro atoms. The van der Waals surface area contributed by atoms with Crippen molar-refractivity contribution in [1.29, 1.82) is 0 Å². The second-order valence-electron chi connectivity index (χ2n) is 15.0. The lowest BCUT2D eigenvalue weighted by Crippen LogP contribution is -2.13. The molecule has 0 bridgehead atoms. The molecule has 0 saturated carbocycles. The molecule has 59 heavy (non-hydrogen) atoms. The van der Waals surface area contributed by atoms with Gasteiger partial charge < -0.3 is 14.4 Å². The van der Waals surface area contributed by atoms with Crippen LogP contribution in [0.25, 0.3) is 60.2 Å². The fraction of sp³-hybridized carbons (Fsp3) is 0. The molecule has 0 fully saturated rings. The molecule has 1 aromatic heterocycles. The van der Waals surface area contributed by atoms with Gasteiger partial charge in [-0.15, -0.1) is 0 Å². The van der Waals surface area contributed by atoms with E-state index in [9.17, 15) is 0 Å². The van der Waals surface area contributed by atoms with Gasteiger partial charge in [-0.2, -0.15) is 0 Å². The molecule has 0 aliphatic rings. The molecule has 0 atom stereocenters. The summed E-state index contributed by atoms with van der Waals surface area (Å²) in [5, 5.41) is 7.51. The highest BCUT2D eigenvalue weighted by Gasteiger charge is 2.22. The Morgan fingerprint density at radius 3 is 1.17 bits per heavy atom. The molecular weight excluding hydrogens is 715 g/mol. The Morgan fingerprint density at radius 2 is 0.678 bits per heavy atom. The minimum atomic E-state index is 1.06. The maximum atomic E-state index is 2.46. The third-order valence-electron chi connectivity index (χ3n) is 11.5. The van der Waals surface area contributed by atoms with Crippen LogP contribution in [0.2, 0.25) is 0 Å². The number of aromatic nitrogens is 1. The first kappa shape index (κ1) is 34.4. The van der Waals surface area contributed by atoms with Gasteiger partial charge >= 0.3 is 0 Å². The predicted octanol–water partition coefficient (Wildman–Crippen LogP) is 15.7. The van der Waals surface area contributed by atoms with Crippen molar-refractivity contribution >= 4 is 77.5 Å². The Balaban J connectivity index is 1.23. The van der Waals surface area contributed by atoms with Crippen LogP contribution < -0.4 is 9.80 Å². The summed E-state index contributed by atoms with van der Waals surface area (Å²) >= 11 is 0. The molecule has 278 valence electrons. The standard InChI is InChI=1S/C56H39N3/c1-6-20-42(21-7-1)57(43-22-8-2-9-23-43)47-36-41(37-48(39-47)58(44-24-10-3-11-25-44)45-26-12-4-13-27-45)40-34-35-54-53(38-40)55-51-32-18-16-30-49(51)50-31-17-19-33-52(50)56(55)59(54)46-28-14-5-15-29-46/h1-39H. The number of anilines is 6. The second kappa shape index (κ2) is 14.6. The highest BCUT2D eigenvalue weighted by molar-refractivity contribution is 6.32. The van der Waals surface area contributed by atoms with E-state index in [0.717, 1.165) is 50.9 Å². The lowest BCUT2D eigenvalue weighted by molar-refractivity contribution is 1.19. The van der Waals surface area contributed by atoms with E-state index < -0.39 is 0 Å². The van der Waals surface area contributed by atoms with Crippen molar-refractivity contribution in [3.05, 3.63) is 237 Å². The molecule has 0 N–H and O–H groups in total. The van der Waals surface area contributed by atoms with Gasteiger partial charge in [-0.25, -0.2) is 0 Å². The fourth-order valence-electron chi connectivity index (χ4n) is 8.93. The Morgan fingerprint density at radius 1 is 0.271 bits per heavy atom. The average Bonchev–Trinajstić information content (AvgIpc) is 3.66. The van der Waals surface area contributed by atoms with Crippen LogP contribution in [0.5, 0.6) is 0 Å². The van der Waals surface area contributed by atoms with Crippen molar-refractivity contribution < 1.29 is 0 Å². The number of hydrogen-bond acceptors (Lipinski definition) is 2. The van der Waals surface area contributed by atoms with E-state index in [4.69, 9.17) is 0 Å². The summed E-state index contributed by atoms with van der Waals surface area (Å²) in [6.45, 7) is 0. The van der Waals surface area contributed by atoms with E-state index in [1.54, 1.807) is 0 Å². The van der Waals surface area contributed by atoms with Crippen molar-refractivity contribution in [2.75, 3.05) is 9.80 Å². The van der Waals surface area contributed by atoms with Crippen molar-refractivity contribution in [2.24, 2.45) is 0 Å². The van der Waals surface area contributed by atoms with Crippen LogP contribution in [0.4, 0.5) is 34.1 Å². The molecule has 1 heterocycles. The molecule has 10 aromatic carbocycles. The molecule has 0 amide bonds. The lowest BCUT2D eigenvalue weighted by Gasteiger charge is -2.30. The van der Waals surface area contributed by atoms with Gasteiger partial charge in [-0.05, 0) is 118 Å². The first-order valence-corrected chi connectivity index (χ1v) is 20.2. The Hall–Kier alpha value is -7.88. The number of para-hydroxylation sites is 5. The molecule has 0 unspecified atom stereocenters. The van der Waals surface area contributed by atoms with E-state index >= 15 is 0 Å². The topological polar surface area (TPSA) is 11.4 Å². The molecule has 3 heteroatoms. The van der Waals surface area contributed by atoms with E-state index in [1.165, 1.54) is 43.4 Å². The minimum Gasteiger partial charge on any atom is -0.310 e. The zero-order valence-corrected chi connectivity index (χ0v) is 32.4. The smallest absolute Gasteiger partial charge is 0.0625 e. The molecule has 3 nitrogen and oxygen atoms in total. The predicted molar refractivity (Wildman–Crippen MR) is 251 cm³/mol. The molecule has 0 aliphatic carbocycles. The highest BCUT2D eigenvalue weighted by atomic mass is 15.2. The summed E-state index contributed by atoms with van der Waals surface area (Å²) in [7, 11) is 0. The van der Waals surface area contributed by atoms with E-state index in [0.29, 0.717) is 0 Å². The Bertz CT molecular complexity index is 3070. The van der Waals surface area contributed by atoms with Gasteiger partial charge in [-0.1, -0.05) is 146 Å². The minimum absolute atomic E-state index is 1.06. The average molecular weight is 754 g/mol. The van der Waals surface area contributed by atoms with Crippen molar-refractivity contribution in [3.63, 3.8) is 0 Å². The molecule has 11 rings (SSSR count). The number of benzene rings is 10. The SMILES string of the molecule is c1ccc(N(c2ccccc2)c2cc(-c3ccc4c(c3)c3c5ccccc5c5ccccc5c3n4-c3ccccc3)cc(N(c3ccccc3)c3ccccc3)c2)cc1. The van der Waals surface area contributed by atoms with Crippen LogP contribution in [-0.4, -0.2) is 4.57 Å². The van der Waals surface area contributed by atoms with Gasteiger partial charge in [0.15, 0.2) is 0 Å². The third kappa shape index (κ3) is 6.00. The first-order chi connectivity index (χ1) is 29.3. The summed E-state index contributed by atoms with van der Waals surface area (Å²) in [6, 6.07) is 85.3. The Labute approximate surface area is 343 Å². The van der Waals surface area contributed by atoms with Crippen LogP contribution in [-0.2, 0) is 0 Å². The lowest BCUT2D eigenvalue weighted by atomic mass is 9.95. The second-order valence-corrected chi connectivity index (χ2v) is 15.0. The largest absolute Gasteiger partial charge is 0.310 e. The molecular formula is C56H39N3. The number of rotatable bonds is 8. The highest BCUT2D eigenvalue weighted by Crippen LogP contribution is 2.46. The summed E-state index contributed by atoms with van der Waals surface area (Å²) in [5.41, 5.74) is 12.3. The summed E-state index contributed by atoms with van der Waals surface area (Å²) in [4.78, 5) is 4.72. The molecule has 0 saturated heterocycles. The van der Waals surface area contributed by atoms with Crippen LogP contribution in [0.3, 0.4) is 0 Å². The zero-order valence-electron chi connectivity index (χ0n) is 32.4. The molecule has 11 aromatic rings. The van der Waals surface area contributed by atoms with Gasteiger partial charge in [-0.3, -0.25) is 0 Å². The van der Waals surface area contributed by atoms with Crippen molar-refractivity contribution in [3.8, 4) is 16.8 Å². The van der Waals surface area contributed by atoms with Crippen LogP contribution in [0.15, 0.2) is 237 Å². The van der Waals surface area contributed by atoms with Crippen LogP contribution in [0, 0.1) is 0 Å². The fourth-order valence-corrected chi connectivity index (χ4v) is 8.93. The number of hydrogen-bond donors (Lipinski definition) is 0. The van der Waals surface area contributed by atoms with Crippen LogP contribution in [0.1, 0.15) is 0 Å². The number of fused-ring (bicyclic) bond motifs is 8. The van der Waals surface area contributed by atoms with Gasteiger partial charge in [0.05, 0.1) is 11.0 Å². The van der Waals surface area contributed by atoms with Crippen molar-refractivity contribution in [2.45, 2.75) is 0 Å². The third-order valence-corrected chi connectivity index (χ3v) is 11.5. The van der Waals surface area contributed by atoms with Gasteiger partial charge in [0.2, 0.25) is 0 Å². The van der Waals surface area contributed by atoms with Gasteiger partial charge in [0.1, 0.15) is 0 Å². The maximum Gasteiger partial charge on any atom is 0.0625 e. The van der Waals surface area contributed by atoms with Gasteiger partial charge in [0.25, 0.3) is 0 Å². The van der Waals surface area contributed by atoms with Crippen molar-refractivity contribution in [1.82, 2.24) is 4.57 Å². The first-order valence-electron chi connectivity index (χ1n) is 20.2. The molecule has 0 radical (unpaired) electrons. The monoisotopic (exact) mass is 753 g/mol. The number of nitrogens with zero attached hydrogens (tertiary/aromatic N) is 3. The maximum absolute atomic E-state index is 2.46. The van der Waals surface area contributed by atoms with Crippen LogP contribution >= 0.6 is 0 Å². The molecule has 0 aliphatic heterocycles. The zero-order chi connectivity index (χ0) is 39.1. The summed E-state index contributed by atoms with van der Waals surface area (Å²) < 4.78 is 2.46. The summed E-state index contributed by atoms with van der Waals surface area (Å²) in [5.74, 6) is 0.